The number of benzene rings is 1. The smallest absolute Gasteiger partial charge is 0.225 e. The minimum absolute atomic E-state index is 0.0427. The molecule has 1 aromatic carbocycles. The molecule has 0 bridgehead atoms. The lowest BCUT2D eigenvalue weighted by Crippen LogP contribution is -2.27. The summed E-state index contributed by atoms with van der Waals surface area (Å²) in [5.41, 5.74) is 1.45. The van der Waals surface area contributed by atoms with Crippen LogP contribution < -0.4 is 15.0 Å². The minimum atomic E-state index is -0.0427. The number of nitrogens with one attached hydrogen (secondary N) is 1. The zero-order valence-electron chi connectivity index (χ0n) is 14.1. The fraction of sp³-hybridized carbons (Fsp3) is 0.562. The lowest BCUT2D eigenvalue weighted by Gasteiger charge is -2.19. The maximum atomic E-state index is 12.1. The van der Waals surface area contributed by atoms with E-state index in [0.717, 1.165) is 25.3 Å². The van der Waals surface area contributed by atoms with Crippen molar-refractivity contribution < 1.29 is 9.53 Å². The van der Waals surface area contributed by atoms with Gasteiger partial charge in [-0.3, -0.25) is 4.79 Å². The number of rotatable bonds is 8. The van der Waals surface area contributed by atoms with E-state index in [0.29, 0.717) is 22.9 Å². The second-order valence-corrected chi connectivity index (χ2v) is 5.63. The molecule has 0 saturated carbocycles. The number of anilines is 2. The van der Waals surface area contributed by atoms with Crippen molar-refractivity contribution in [3.63, 3.8) is 0 Å². The zero-order chi connectivity index (χ0) is 16.7. The number of nitrogens with zero attached hydrogens (tertiary/aromatic N) is 2. The molecule has 22 heavy (non-hydrogen) atoms. The molecule has 0 fully saturated rings. The summed E-state index contributed by atoms with van der Waals surface area (Å²) in [5.74, 6) is 0.558. The first-order valence-electron chi connectivity index (χ1n) is 7.49. The molecule has 5 nitrogen and oxygen atoms in total. The van der Waals surface area contributed by atoms with E-state index < -0.39 is 0 Å². The molecule has 0 aliphatic rings. The molecule has 0 spiro atoms. The Hall–Kier alpha value is -1.46. The van der Waals surface area contributed by atoms with E-state index in [-0.39, 0.29) is 5.91 Å². The Morgan fingerprint density at radius 2 is 1.91 bits per heavy atom. The Morgan fingerprint density at radius 1 is 1.27 bits per heavy atom. The van der Waals surface area contributed by atoms with Crippen LogP contribution in [0.15, 0.2) is 12.1 Å². The third-order valence-electron chi connectivity index (χ3n) is 3.57. The first kappa shape index (κ1) is 18.6. The monoisotopic (exact) mass is 327 g/mol. The fourth-order valence-electron chi connectivity index (χ4n) is 2.16. The van der Waals surface area contributed by atoms with Crippen LogP contribution in [-0.2, 0) is 4.79 Å². The molecular formula is C16H26ClN3O2. The molecule has 124 valence electrons. The van der Waals surface area contributed by atoms with E-state index in [1.165, 1.54) is 0 Å². The second kappa shape index (κ2) is 8.86. The van der Waals surface area contributed by atoms with Gasteiger partial charge in [0, 0.05) is 33.1 Å². The molecule has 0 heterocycles. The van der Waals surface area contributed by atoms with Crippen molar-refractivity contribution in [2.75, 3.05) is 51.1 Å². The van der Waals surface area contributed by atoms with Crippen molar-refractivity contribution in [1.29, 1.82) is 0 Å². The van der Waals surface area contributed by atoms with E-state index in [4.69, 9.17) is 16.3 Å². The Kier molecular flexibility index (Phi) is 7.48. The lowest BCUT2D eigenvalue weighted by atomic mass is 10.2. The number of methoxy groups -OCH3 is 1. The SMILES string of the molecule is CCN(CC)CCC(=O)Nc1cc(Cl)c(N(C)C)cc1OC. The van der Waals surface area contributed by atoms with Gasteiger partial charge in [0.25, 0.3) is 0 Å². The van der Waals surface area contributed by atoms with Crippen molar-refractivity contribution in [1.82, 2.24) is 4.90 Å². The Morgan fingerprint density at radius 3 is 2.41 bits per heavy atom. The van der Waals surface area contributed by atoms with E-state index in [1.807, 2.05) is 25.1 Å². The van der Waals surface area contributed by atoms with E-state index in [1.54, 1.807) is 13.2 Å². The quantitative estimate of drug-likeness (QED) is 0.797. The van der Waals surface area contributed by atoms with Gasteiger partial charge in [0.2, 0.25) is 5.91 Å². The molecule has 1 N–H and O–H groups in total. The number of hydrogen-bond donors (Lipinski definition) is 1. The molecule has 0 aliphatic carbocycles. The molecule has 0 aliphatic heterocycles. The molecule has 1 rings (SSSR count). The van der Waals surface area contributed by atoms with Crippen LogP contribution in [0.5, 0.6) is 5.75 Å². The van der Waals surface area contributed by atoms with Gasteiger partial charge in [0.05, 0.1) is 23.5 Å². The summed E-state index contributed by atoms with van der Waals surface area (Å²) in [6.45, 7) is 6.80. The van der Waals surface area contributed by atoms with Gasteiger partial charge in [-0.25, -0.2) is 0 Å². The van der Waals surface area contributed by atoms with Gasteiger partial charge in [-0.15, -0.1) is 0 Å². The highest BCUT2D eigenvalue weighted by Gasteiger charge is 2.13. The maximum Gasteiger partial charge on any atom is 0.225 e. The molecular weight excluding hydrogens is 302 g/mol. The van der Waals surface area contributed by atoms with Gasteiger partial charge in [0.15, 0.2) is 0 Å². The average molecular weight is 328 g/mol. The van der Waals surface area contributed by atoms with Gasteiger partial charge in [-0.1, -0.05) is 25.4 Å². The topological polar surface area (TPSA) is 44.8 Å². The highest BCUT2D eigenvalue weighted by Crippen LogP contribution is 2.35. The Bertz CT molecular complexity index is 502. The highest BCUT2D eigenvalue weighted by atomic mass is 35.5. The van der Waals surface area contributed by atoms with Crippen LogP contribution in [-0.4, -0.2) is 51.6 Å². The molecule has 0 unspecified atom stereocenters. The standard InChI is InChI=1S/C16H26ClN3O2/c1-6-20(7-2)9-8-16(21)18-13-10-12(17)14(19(3)4)11-15(13)22-5/h10-11H,6-9H2,1-5H3,(H,18,21). The van der Waals surface area contributed by atoms with Crippen molar-refractivity contribution in [3.8, 4) is 5.75 Å². The van der Waals surface area contributed by atoms with E-state index in [2.05, 4.69) is 24.1 Å². The Balaban J connectivity index is 2.80. The number of halogens is 1. The van der Waals surface area contributed by atoms with Crippen LogP contribution in [0.2, 0.25) is 5.02 Å². The summed E-state index contributed by atoms with van der Waals surface area (Å²) in [6.07, 6.45) is 0.442. The predicted octanol–water partition coefficient (Wildman–Crippen LogP) is 3.09. The van der Waals surface area contributed by atoms with Crippen molar-refractivity contribution in [3.05, 3.63) is 17.2 Å². The first-order valence-corrected chi connectivity index (χ1v) is 7.87. The van der Waals surface area contributed by atoms with Crippen molar-refractivity contribution in [2.45, 2.75) is 20.3 Å². The van der Waals surface area contributed by atoms with Gasteiger partial charge in [-0.05, 0) is 19.2 Å². The number of hydrogen-bond acceptors (Lipinski definition) is 4. The number of carbonyl (C=O) groups is 1. The zero-order valence-corrected chi connectivity index (χ0v) is 14.8. The summed E-state index contributed by atoms with van der Waals surface area (Å²) in [7, 11) is 5.39. The molecule has 1 aromatic rings. The summed E-state index contributed by atoms with van der Waals surface area (Å²) in [6, 6.07) is 3.55. The van der Waals surface area contributed by atoms with Crippen molar-refractivity contribution >= 4 is 28.9 Å². The highest BCUT2D eigenvalue weighted by molar-refractivity contribution is 6.33. The molecule has 0 atom stereocenters. The van der Waals surface area contributed by atoms with Crippen molar-refractivity contribution in [2.24, 2.45) is 0 Å². The van der Waals surface area contributed by atoms with E-state index >= 15 is 0 Å². The van der Waals surface area contributed by atoms with Crippen LogP contribution in [0.3, 0.4) is 0 Å². The van der Waals surface area contributed by atoms with Crippen LogP contribution in [0.1, 0.15) is 20.3 Å². The van der Waals surface area contributed by atoms with Gasteiger partial charge < -0.3 is 19.9 Å². The normalized spacial score (nSPS) is 10.7. The second-order valence-electron chi connectivity index (χ2n) is 5.22. The first-order chi connectivity index (χ1) is 10.4. The van der Waals surface area contributed by atoms with Crippen LogP contribution in [0.25, 0.3) is 0 Å². The molecule has 6 heteroatoms. The summed E-state index contributed by atoms with van der Waals surface area (Å²) >= 11 is 6.25. The minimum Gasteiger partial charge on any atom is -0.494 e. The molecule has 0 saturated heterocycles. The third-order valence-corrected chi connectivity index (χ3v) is 3.88. The van der Waals surface area contributed by atoms with Crippen LogP contribution in [0.4, 0.5) is 11.4 Å². The third kappa shape index (κ3) is 5.07. The summed E-state index contributed by atoms with van der Waals surface area (Å²) < 4.78 is 5.35. The molecule has 0 radical (unpaired) electrons. The predicted molar refractivity (Wildman–Crippen MR) is 93.4 cm³/mol. The lowest BCUT2D eigenvalue weighted by molar-refractivity contribution is -0.116. The van der Waals surface area contributed by atoms with Gasteiger partial charge in [0.1, 0.15) is 5.75 Å². The molecule has 0 aromatic heterocycles. The van der Waals surface area contributed by atoms with Crippen LogP contribution in [0, 0.1) is 0 Å². The average Bonchev–Trinajstić information content (AvgIpc) is 2.48. The number of carbonyl (C=O) groups excluding carboxylic acids is 1. The van der Waals surface area contributed by atoms with Gasteiger partial charge in [-0.2, -0.15) is 0 Å². The Labute approximate surface area is 138 Å². The van der Waals surface area contributed by atoms with E-state index in [9.17, 15) is 4.79 Å². The van der Waals surface area contributed by atoms with Crippen LogP contribution >= 0.6 is 11.6 Å². The maximum absolute atomic E-state index is 12.1. The molecule has 1 amide bonds. The number of ether oxygens (including phenoxy) is 1. The number of amides is 1. The fourth-order valence-corrected chi connectivity index (χ4v) is 2.50. The summed E-state index contributed by atoms with van der Waals surface area (Å²) in [5, 5.41) is 3.45. The largest absolute Gasteiger partial charge is 0.494 e. The van der Waals surface area contributed by atoms with Gasteiger partial charge >= 0.3 is 0 Å². The summed E-state index contributed by atoms with van der Waals surface area (Å²) in [4.78, 5) is 16.2.